The quantitative estimate of drug-likeness (QED) is 0.646. The summed E-state index contributed by atoms with van der Waals surface area (Å²) in [6.45, 7) is 1.90. The fourth-order valence-electron chi connectivity index (χ4n) is 2.01. The predicted molar refractivity (Wildman–Crippen MR) is 82.5 cm³/mol. The van der Waals surface area contributed by atoms with Crippen LogP contribution in [-0.4, -0.2) is 18.6 Å². The molecule has 2 aromatic carbocycles. The molecule has 0 fully saturated rings. The van der Waals surface area contributed by atoms with E-state index in [4.69, 9.17) is 5.73 Å². The summed E-state index contributed by atoms with van der Waals surface area (Å²) in [5.41, 5.74) is 7.97. The third-order valence-corrected chi connectivity index (χ3v) is 4.50. The zero-order valence-corrected chi connectivity index (χ0v) is 12.1. The Labute approximate surface area is 122 Å². The van der Waals surface area contributed by atoms with E-state index in [1.807, 2.05) is 6.92 Å². The van der Waals surface area contributed by atoms with Gasteiger partial charge < -0.3 is 5.73 Å². The average Bonchev–Trinajstić information content (AvgIpc) is 2.81. The molecule has 3 aromatic rings. The molecule has 0 amide bonds. The lowest BCUT2D eigenvalue weighted by molar-refractivity contribution is 0.601. The van der Waals surface area contributed by atoms with Crippen molar-refractivity contribution in [1.82, 2.24) is 10.2 Å². The van der Waals surface area contributed by atoms with Crippen LogP contribution in [0.25, 0.3) is 10.9 Å². The number of rotatable bonds is 3. The van der Waals surface area contributed by atoms with Crippen LogP contribution < -0.4 is 10.5 Å². The minimum absolute atomic E-state index is 0.188. The van der Waals surface area contributed by atoms with Crippen LogP contribution in [0.1, 0.15) is 5.56 Å². The second-order valence-electron chi connectivity index (χ2n) is 4.80. The fourth-order valence-corrected chi connectivity index (χ4v) is 3.04. The monoisotopic (exact) mass is 302 g/mol. The lowest BCUT2D eigenvalue weighted by atomic mass is 10.2. The third kappa shape index (κ3) is 2.55. The second kappa shape index (κ2) is 4.78. The summed E-state index contributed by atoms with van der Waals surface area (Å²) in [5, 5.41) is 7.39. The van der Waals surface area contributed by atoms with Crippen molar-refractivity contribution < 1.29 is 8.42 Å². The van der Waals surface area contributed by atoms with E-state index >= 15 is 0 Å². The van der Waals surface area contributed by atoms with Gasteiger partial charge in [-0.05, 0) is 37.3 Å². The topological polar surface area (TPSA) is 101 Å². The van der Waals surface area contributed by atoms with Gasteiger partial charge in [-0.2, -0.15) is 5.10 Å². The number of fused-ring (bicyclic) bond motifs is 1. The highest BCUT2D eigenvalue weighted by Crippen LogP contribution is 2.25. The van der Waals surface area contributed by atoms with Gasteiger partial charge in [-0.1, -0.05) is 17.7 Å². The first kappa shape index (κ1) is 13.4. The molecule has 0 saturated heterocycles. The highest BCUT2D eigenvalue weighted by molar-refractivity contribution is 7.92. The van der Waals surface area contributed by atoms with E-state index < -0.39 is 10.0 Å². The standard InChI is InChI=1S/C14H14N4O2S/c1-9-2-5-11(6-3-9)21(19,20)18-14-12-8-10(15)4-7-13(12)16-17-14/h2-8H,15H2,1H3,(H2,16,17,18). The maximum Gasteiger partial charge on any atom is 0.263 e. The van der Waals surface area contributed by atoms with Gasteiger partial charge in [-0.3, -0.25) is 9.82 Å². The molecule has 0 aliphatic heterocycles. The normalized spacial score (nSPS) is 11.7. The molecule has 0 aliphatic rings. The summed E-state index contributed by atoms with van der Waals surface area (Å²) >= 11 is 0. The molecule has 108 valence electrons. The summed E-state index contributed by atoms with van der Waals surface area (Å²) in [6, 6.07) is 11.7. The number of aryl methyl sites for hydroxylation is 1. The van der Waals surface area contributed by atoms with Gasteiger partial charge in [0.15, 0.2) is 5.82 Å². The lowest BCUT2D eigenvalue weighted by Crippen LogP contribution is -2.13. The van der Waals surface area contributed by atoms with Crippen molar-refractivity contribution in [2.45, 2.75) is 11.8 Å². The molecule has 6 nitrogen and oxygen atoms in total. The van der Waals surface area contributed by atoms with Gasteiger partial charge in [0.2, 0.25) is 0 Å². The number of hydrogen-bond acceptors (Lipinski definition) is 4. The largest absolute Gasteiger partial charge is 0.399 e. The Morgan fingerprint density at radius 3 is 2.57 bits per heavy atom. The van der Waals surface area contributed by atoms with Crippen LogP contribution in [-0.2, 0) is 10.0 Å². The zero-order valence-electron chi connectivity index (χ0n) is 11.3. The number of benzene rings is 2. The first-order valence-electron chi connectivity index (χ1n) is 6.29. The van der Waals surface area contributed by atoms with Crippen molar-refractivity contribution in [2.75, 3.05) is 10.5 Å². The number of sulfonamides is 1. The van der Waals surface area contributed by atoms with Gasteiger partial charge in [-0.25, -0.2) is 8.42 Å². The van der Waals surface area contributed by atoms with Gasteiger partial charge in [-0.15, -0.1) is 0 Å². The maximum atomic E-state index is 12.3. The van der Waals surface area contributed by atoms with E-state index in [1.54, 1.807) is 42.5 Å². The predicted octanol–water partition coefficient (Wildman–Crippen LogP) is 2.25. The molecule has 7 heteroatoms. The zero-order chi connectivity index (χ0) is 15.0. The van der Waals surface area contributed by atoms with Crippen molar-refractivity contribution in [1.29, 1.82) is 0 Å². The maximum absolute atomic E-state index is 12.3. The Morgan fingerprint density at radius 2 is 1.86 bits per heavy atom. The smallest absolute Gasteiger partial charge is 0.263 e. The van der Waals surface area contributed by atoms with Crippen molar-refractivity contribution in [3.05, 3.63) is 48.0 Å². The van der Waals surface area contributed by atoms with Crippen LogP contribution in [0, 0.1) is 6.92 Å². The second-order valence-corrected chi connectivity index (χ2v) is 6.48. The van der Waals surface area contributed by atoms with Gasteiger partial charge in [0.25, 0.3) is 10.0 Å². The number of H-pyrrole nitrogens is 1. The molecule has 0 spiro atoms. The van der Waals surface area contributed by atoms with Gasteiger partial charge in [0, 0.05) is 11.1 Å². The molecule has 0 atom stereocenters. The Balaban J connectivity index is 2.01. The number of aromatic nitrogens is 2. The van der Waals surface area contributed by atoms with Crippen molar-refractivity contribution in [2.24, 2.45) is 0 Å². The van der Waals surface area contributed by atoms with E-state index in [0.29, 0.717) is 16.6 Å². The van der Waals surface area contributed by atoms with Crippen LogP contribution >= 0.6 is 0 Å². The van der Waals surface area contributed by atoms with E-state index in [1.165, 1.54) is 0 Å². The number of hydrogen-bond donors (Lipinski definition) is 3. The molecule has 21 heavy (non-hydrogen) atoms. The third-order valence-electron chi connectivity index (χ3n) is 3.15. The number of aromatic amines is 1. The summed E-state index contributed by atoms with van der Waals surface area (Å²) in [4.78, 5) is 0.188. The number of nitrogen functional groups attached to an aromatic ring is 1. The molecule has 1 heterocycles. The Kier molecular flexibility index (Phi) is 3.06. The molecule has 4 N–H and O–H groups in total. The van der Waals surface area contributed by atoms with Crippen molar-refractivity contribution >= 4 is 32.4 Å². The molecule has 0 radical (unpaired) electrons. The van der Waals surface area contributed by atoms with Crippen LogP contribution in [0.2, 0.25) is 0 Å². The minimum Gasteiger partial charge on any atom is -0.399 e. The summed E-state index contributed by atoms with van der Waals surface area (Å²) in [5.74, 6) is 0.234. The first-order valence-corrected chi connectivity index (χ1v) is 7.77. The molecule has 0 aliphatic carbocycles. The molecule has 0 unspecified atom stereocenters. The Morgan fingerprint density at radius 1 is 1.14 bits per heavy atom. The first-order chi connectivity index (χ1) is 9.95. The van der Waals surface area contributed by atoms with Gasteiger partial charge in [0.1, 0.15) is 0 Å². The molecule has 1 aromatic heterocycles. The van der Waals surface area contributed by atoms with Gasteiger partial charge in [0.05, 0.1) is 10.4 Å². The SMILES string of the molecule is Cc1ccc(S(=O)(=O)Nc2n[nH]c3ccc(N)cc23)cc1. The summed E-state index contributed by atoms with van der Waals surface area (Å²) in [6.07, 6.45) is 0. The number of nitrogens with one attached hydrogen (secondary N) is 2. The van der Waals surface area contributed by atoms with Crippen LogP contribution in [0.15, 0.2) is 47.4 Å². The van der Waals surface area contributed by atoms with E-state index in [0.717, 1.165) is 5.56 Å². The van der Waals surface area contributed by atoms with E-state index in [-0.39, 0.29) is 10.7 Å². The Hall–Kier alpha value is -2.54. The fraction of sp³-hybridized carbons (Fsp3) is 0.0714. The Bertz CT molecular complexity index is 898. The van der Waals surface area contributed by atoms with Crippen molar-refractivity contribution in [3.63, 3.8) is 0 Å². The van der Waals surface area contributed by atoms with Crippen molar-refractivity contribution in [3.8, 4) is 0 Å². The van der Waals surface area contributed by atoms with Gasteiger partial charge >= 0.3 is 0 Å². The van der Waals surface area contributed by atoms with E-state index in [2.05, 4.69) is 14.9 Å². The lowest BCUT2D eigenvalue weighted by Gasteiger charge is -2.06. The van der Waals surface area contributed by atoms with Crippen LogP contribution in [0.4, 0.5) is 11.5 Å². The summed E-state index contributed by atoms with van der Waals surface area (Å²) in [7, 11) is -3.68. The highest BCUT2D eigenvalue weighted by atomic mass is 32.2. The average molecular weight is 302 g/mol. The highest BCUT2D eigenvalue weighted by Gasteiger charge is 2.17. The summed E-state index contributed by atoms with van der Waals surface area (Å²) < 4.78 is 27.2. The molecule has 3 rings (SSSR count). The number of nitrogens with zero attached hydrogens (tertiary/aromatic N) is 1. The van der Waals surface area contributed by atoms with Crippen LogP contribution in [0.5, 0.6) is 0 Å². The molecular weight excluding hydrogens is 288 g/mol. The molecule has 0 saturated carbocycles. The molecular formula is C14H14N4O2S. The molecule has 0 bridgehead atoms. The number of anilines is 2. The van der Waals surface area contributed by atoms with Crippen LogP contribution in [0.3, 0.4) is 0 Å². The minimum atomic E-state index is -3.68. The van der Waals surface area contributed by atoms with E-state index in [9.17, 15) is 8.42 Å². The number of nitrogens with two attached hydrogens (primary N) is 1.